The number of esters is 1. The number of carbonyl (C=O) groups excluding carboxylic acids is 2. The van der Waals surface area contributed by atoms with E-state index in [4.69, 9.17) is 4.74 Å². The van der Waals surface area contributed by atoms with Crippen molar-refractivity contribution in [2.45, 2.75) is 63.6 Å². The van der Waals surface area contributed by atoms with Crippen LogP contribution in [0, 0.1) is 22.9 Å². The molecule has 12 heteroatoms. The molecule has 0 aliphatic rings. The minimum absolute atomic E-state index is 0.110. The minimum atomic E-state index is -4.45. The van der Waals surface area contributed by atoms with Crippen molar-refractivity contribution >= 4 is 27.6 Å². The molecule has 35 heavy (non-hydrogen) atoms. The predicted molar refractivity (Wildman–Crippen MR) is 125 cm³/mol. The van der Waals surface area contributed by atoms with Gasteiger partial charge in [0.05, 0.1) is 11.0 Å². The molecule has 2 atom stereocenters. The number of nitro groups is 1. The van der Waals surface area contributed by atoms with Crippen LogP contribution in [0.5, 0.6) is 0 Å². The highest BCUT2D eigenvalue weighted by molar-refractivity contribution is 7.89. The molecule has 0 aliphatic heterocycles. The molecule has 0 aliphatic carbocycles. The zero-order valence-corrected chi connectivity index (χ0v) is 20.8. The molecule has 2 aromatic carbocycles. The van der Waals surface area contributed by atoms with Gasteiger partial charge in [-0.05, 0) is 57.9 Å². The van der Waals surface area contributed by atoms with E-state index in [9.17, 15) is 32.5 Å². The molecule has 0 saturated heterocycles. The summed E-state index contributed by atoms with van der Waals surface area (Å²) in [6.45, 7) is 7.72. The molecule has 0 saturated carbocycles. The number of halogens is 1. The molecule has 0 heterocycles. The lowest BCUT2D eigenvalue weighted by Crippen LogP contribution is -2.52. The average Bonchev–Trinajstić information content (AvgIpc) is 2.74. The number of amides is 1. The van der Waals surface area contributed by atoms with Crippen molar-refractivity contribution < 1.29 is 32.1 Å². The second-order valence-corrected chi connectivity index (χ2v) is 10.6. The molecular formula is C23H28FN3O7S. The molecule has 0 spiro atoms. The molecule has 0 bridgehead atoms. The summed E-state index contributed by atoms with van der Waals surface area (Å²) in [7, 11) is -4.45. The Morgan fingerprint density at radius 2 is 1.80 bits per heavy atom. The zero-order valence-electron chi connectivity index (χ0n) is 20.0. The Hall–Kier alpha value is -3.38. The van der Waals surface area contributed by atoms with Crippen LogP contribution in [0.1, 0.15) is 38.8 Å². The number of nitrogens with one attached hydrogen (secondary N) is 2. The number of aryl methyl sites for hydroxylation is 1. The van der Waals surface area contributed by atoms with Gasteiger partial charge in [0.15, 0.2) is 4.90 Å². The maximum atomic E-state index is 14.0. The molecule has 2 aromatic rings. The number of para-hydroxylation sites is 1. The Morgan fingerprint density at radius 1 is 1.17 bits per heavy atom. The number of ether oxygens (including phenoxy) is 1. The van der Waals surface area contributed by atoms with Crippen LogP contribution >= 0.6 is 0 Å². The van der Waals surface area contributed by atoms with Crippen molar-refractivity contribution in [1.29, 1.82) is 0 Å². The van der Waals surface area contributed by atoms with E-state index in [1.807, 2.05) is 0 Å². The van der Waals surface area contributed by atoms with Gasteiger partial charge in [-0.1, -0.05) is 24.3 Å². The lowest BCUT2D eigenvalue weighted by molar-refractivity contribution is -0.387. The summed E-state index contributed by atoms with van der Waals surface area (Å²) in [4.78, 5) is 35.3. The van der Waals surface area contributed by atoms with Gasteiger partial charge in [-0.3, -0.25) is 14.9 Å². The maximum absolute atomic E-state index is 14.0. The van der Waals surface area contributed by atoms with Crippen LogP contribution in [0.15, 0.2) is 47.4 Å². The Kier molecular flexibility index (Phi) is 8.69. The second-order valence-electron chi connectivity index (χ2n) is 8.95. The first-order valence-electron chi connectivity index (χ1n) is 10.6. The molecule has 2 rings (SSSR count). The van der Waals surface area contributed by atoms with E-state index < -0.39 is 60.9 Å². The number of nitrogens with zero attached hydrogens (tertiary/aromatic N) is 1. The van der Waals surface area contributed by atoms with E-state index in [-0.39, 0.29) is 6.42 Å². The molecule has 10 nitrogen and oxygen atoms in total. The Balaban J connectivity index is 2.25. The Morgan fingerprint density at radius 3 is 2.37 bits per heavy atom. The molecule has 0 aromatic heterocycles. The highest BCUT2D eigenvalue weighted by Crippen LogP contribution is 2.23. The first-order valence-corrected chi connectivity index (χ1v) is 12.1. The van der Waals surface area contributed by atoms with Crippen LogP contribution in [-0.4, -0.2) is 42.9 Å². The average molecular weight is 510 g/mol. The van der Waals surface area contributed by atoms with E-state index in [0.717, 1.165) is 12.1 Å². The predicted octanol–water partition coefficient (Wildman–Crippen LogP) is 2.78. The number of sulfonamides is 1. The molecule has 1 amide bonds. The fourth-order valence-corrected chi connectivity index (χ4v) is 4.42. The van der Waals surface area contributed by atoms with E-state index in [0.29, 0.717) is 11.1 Å². The standard InChI is InChI=1S/C23H28FN3O7S/c1-14-10-11-16(12-17(14)24)13-18(22(29)34-23(3,4)5)25-21(28)15(2)26-35(32,33)20-9-7-6-8-19(20)27(30)31/h6-12,15,18,26H,13H2,1-5H3,(H,25,28)/t15-,18-/m0/s1. The third-order valence-corrected chi connectivity index (χ3v) is 6.35. The normalized spacial score (nSPS) is 13.5. The van der Waals surface area contributed by atoms with Gasteiger partial charge in [0.2, 0.25) is 15.9 Å². The van der Waals surface area contributed by atoms with Gasteiger partial charge >= 0.3 is 5.97 Å². The van der Waals surface area contributed by atoms with Crippen LogP contribution in [0.3, 0.4) is 0 Å². The molecule has 0 fully saturated rings. The topological polar surface area (TPSA) is 145 Å². The third kappa shape index (κ3) is 7.82. The highest BCUT2D eigenvalue weighted by atomic mass is 32.2. The molecule has 0 radical (unpaired) electrons. The zero-order chi connectivity index (χ0) is 26.6. The van der Waals surface area contributed by atoms with E-state index in [1.165, 1.54) is 31.2 Å². The number of rotatable bonds is 9. The maximum Gasteiger partial charge on any atom is 0.329 e. The van der Waals surface area contributed by atoms with Crippen molar-refractivity contribution in [2.75, 3.05) is 0 Å². The fourth-order valence-electron chi connectivity index (χ4n) is 3.05. The Labute approximate surface area is 203 Å². The molecule has 0 unspecified atom stereocenters. The second kappa shape index (κ2) is 10.9. The van der Waals surface area contributed by atoms with Crippen molar-refractivity contribution in [1.82, 2.24) is 10.0 Å². The SMILES string of the molecule is Cc1ccc(C[C@H](NC(=O)[C@H](C)NS(=O)(=O)c2ccccc2[N+](=O)[O-])C(=O)OC(C)(C)C)cc1F. The summed E-state index contributed by atoms with van der Waals surface area (Å²) >= 11 is 0. The van der Waals surface area contributed by atoms with Gasteiger partial charge in [0.25, 0.3) is 5.69 Å². The Bertz CT molecular complexity index is 1230. The first-order chi connectivity index (χ1) is 16.1. The highest BCUT2D eigenvalue weighted by Gasteiger charge is 2.32. The first kappa shape index (κ1) is 27.9. The van der Waals surface area contributed by atoms with Crippen LogP contribution in [0.25, 0.3) is 0 Å². The summed E-state index contributed by atoms with van der Waals surface area (Å²) in [5, 5.41) is 13.6. The van der Waals surface area contributed by atoms with Crippen molar-refractivity contribution in [3.8, 4) is 0 Å². The van der Waals surface area contributed by atoms with Crippen LogP contribution in [0.2, 0.25) is 0 Å². The smallest absolute Gasteiger partial charge is 0.329 e. The summed E-state index contributed by atoms with van der Waals surface area (Å²) in [5.41, 5.74) is -0.708. The number of nitro benzene ring substituents is 1. The van der Waals surface area contributed by atoms with Crippen molar-refractivity contribution in [3.63, 3.8) is 0 Å². The van der Waals surface area contributed by atoms with Crippen molar-refractivity contribution in [2.24, 2.45) is 0 Å². The van der Waals surface area contributed by atoms with E-state index in [2.05, 4.69) is 10.0 Å². The molecule has 2 N–H and O–H groups in total. The summed E-state index contributed by atoms with van der Waals surface area (Å²) < 4.78 is 46.9. The van der Waals surface area contributed by atoms with Gasteiger partial charge in [-0.15, -0.1) is 0 Å². The van der Waals surface area contributed by atoms with Gasteiger partial charge in [-0.25, -0.2) is 17.6 Å². The number of hydrogen-bond acceptors (Lipinski definition) is 7. The largest absolute Gasteiger partial charge is 0.458 e. The fraction of sp³-hybridized carbons (Fsp3) is 0.391. The summed E-state index contributed by atoms with van der Waals surface area (Å²) in [6, 6.07) is 6.41. The van der Waals surface area contributed by atoms with Gasteiger partial charge in [0.1, 0.15) is 17.5 Å². The van der Waals surface area contributed by atoms with Gasteiger partial charge in [0, 0.05) is 12.5 Å². The van der Waals surface area contributed by atoms with Crippen LogP contribution in [0.4, 0.5) is 10.1 Å². The van der Waals surface area contributed by atoms with Crippen LogP contribution in [-0.2, 0) is 30.8 Å². The molecule has 190 valence electrons. The van der Waals surface area contributed by atoms with Gasteiger partial charge < -0.3 is 10.1 Å². The summed E-state index contributed by atoms with van der Waals surface area (Å²) in [5.74, 6) is -2.15. The number of carbonyl (C=O) groups is 2. The van der Waals surface area contributed by atoms with E-state index in [1.54, 1.807) is 33.8 Å². The molecular weight excluding hydrogens is 481 g/mol. The van der Waals surface area contributed by atoms with E-state index >= 15 is 0 Å². The monoisotopic (exact) mass is 509 g/mol. The van der Waals surface area contributed by atoms with Crippen LogP contribution < -0.4 is 10.0 Å². The van der Waals surface area contributed by atoms with Gasteiger partial charge in [-0.2, -0.15) is 4.72 Å². The minimum Gasteiger partial charge on any atom is -0.458 e. The number of hydrogen-bond donors (Lipinski definition) is 2. The quantitative estimate of drug-likeness (QED) is 0.300. The lowest BCUT2D eigenvalue weighted by Gasteiger charge is -2.25. The van der Waals surface area contributed by atoms with Crippen molar-refractivity contribution in [3.05, 3.63) is 69.5 Å². The third-order valence-electron chi connectivity index (χ3n) is 4.76. The number of benzene rings is 2. The summed E-state index contributed by atoms with van der Waals surface area (Å²) in [6.07, 6.45) is -0.110. The lowest BCUT2D eigenvalue weighted by atomic mass is 10.0.